The third-order valence-corrected chi connectivity index (χ3v) is 4.89. The number of hydrogen-bond acceptors (Lipinski definition) is 5. The van der Waals surface area contributed by atoms with Crippen LogP contribution >= 0.6 is 0 Å². The molecule has 0 N–H and O–H groups in total. The molecule has 4 rings (SSSR count). The van der Waals surface area contributed by atoms with Gasteiger partial charge in [0, 0.05) is 35.1 Å². The van der Waals surface area contributed by atoms with E-state index in [4.69, 9.17) is 14.2 Å². The van der Waals surface area contributed by atoms with Crippen LogP contribution in [0.4, 0.5) is 0 Å². The number of hydrogen-bond donors (Lipinski definition) is 0. The van der Waals surface area contributed by atoms with E-state index in [0.717, 1.165) is 40.2 Å². The highest BCUT2D eigenvalue weighted by Crippen LogP contribution is 2.50. The van der Waals surface area contributed by atoms with Gasteiger partial charge in [-0.25, -0.2) is 4.98 Å². The van der Waals surface area contributed by atoms with Crippen LogP contribution in [0.1, 0.15) is 18.5 Å². The zero-order valence-corrected chi connectivity index (χ0v) is 15.3. The second kappa shape index (κ2) is 6.37. The van der Waals surface area contributed by atoms with Crippen LogP contribution in [0.5, 0.6) is 17.2 Å². The summed E-state index contributed by atoms with van der Waals surface area (Å²) in [5.74, 6) is 1.98. The Kier molecular flexibility index (Phi) is 4.03. The van der Waals surface area contributed by atoms with Gasteiger partial charge < -0.3 is 18.8 Å². The van der Waals surface area contributed by atoms with E-state index in [0.29, 0.717) is 11.5 Å². The van der Waals surface area contributed by atoms with Crippen LogP contribution in [-0.2, 0) is 6.42 Å². The monoisotopic (exact) mass is 351 g/mol. The smallest absolute Gasteiger partial charge is 0.203 e. The van der Waals surface area contributed by atoms with E-state index in [-0.39, 0.29) is 6.04 Å². The summed E-state index contributed by atoms with van der Waals surface area (Å²) in [5.41, 5.74) is 5.09. The molecular weight excluding hydrogens is 330 g/mol. The van der Waals surface area contributed by atoms with Crippen molar-refractivity contribution in [2.45, 2.75) is 19.4 Å². The molecule has 0 bridgehead atoms. The fraction of sp³-hybridized carbons (Fsp3) is 0.300. The Hall–Kier alpha value is -3.02. The number of aromatic nitrogens is 3. The first kappa shape index (κ1) is 16.4. The van der Waals surface area contributed by atoms with E-state index >= 15 is 0 Å². The molecule has 6 heteroatoms. The molecule has 1 aromatic carbocycles. The molecule has 134 valence electrons. The van der Waals surface area contributed by atoms with E-state index in [9.17, 15) is 0 Å². The lowest BCUT2D eigenvalue weighted by molar-refractivity contribution is 0.320. The zero-order valence-electron chi connectivity index (χ0n) is 15.3. The van der Waals surface area contributed by atoms with Crippen LogP contribution < -0.4 is 14.2 Å². The van der Waals surface area contributed by atoms with E-state index < -0.39 is 0 Å². The molecule has 26 heavy (non-hydrogen) atoms. The summed E-state index contributed by atoms with van der Waals surface area (Å²) in [6.07, 6.45) is 6.32. The Bertz CT molecular complexity index is 951. The molecule has 1 atom stereocenters. The van der Waals surface area contributed by atoms with Gasteiger partial charge >= 0.3 is 0 Å². The summed E-state index contributed by atoms with van der Waals surface area (Å²) in [6.45, 7) is 2.18. The van der Waals surface area contributed by atoms with Gasteiger partial charge in [0.1, 0.15) is 0 Å². The van der Waals surface area contributed by atoms with Gasteiger partial charge in [-0.15, -0.1) is 0 Å². The number of pyridine rings is 1. The van der Waals surface area contributed by atoms with Crippen molar-refractivity contribution in [1.29, 1.82) is 0 Å². The molecule has 1 aliphatic rings. The number of benzene rings is 1. The average Bonchev–Trinajstić information content (AvgIpc) is 3.13. The van der Waals surface area contributed by atoms with Crippen molar-refractivity contribution in [1.82, 2.24) is 14.5 Å². The van der Waals surface area contributed by atoms with Gasteiger partial charge in [0.2, 0.25) is 5.75 Å². The predicted molar refractivity (Wildman–Crippen MR) is 99.0 cm³/mol. The maximum Gasteiger partial charge on any atom is 0.203 e. The van der Waals surface area contributed by atoms with Gasteiger partial charge in [-0.1, -0.05) is 0 Å². The lowest BCUT2D eigenvalue weighted by Crippen LogP contribution is -2.16. The highest BCUT2D eigenvalue weighted by atomic mass is 16.5. The fourth-order valence-corrected chi connectivity index (χ4v) is 3.70. The Morgan fingerprint density at radius 1 is 1.12 bits per heavy atom. The van der Waals surface area contributed by atoms with Gasteiger partial charge in [0.25, 0.3) is 0 Å². The second-order valence-corrected chi connectivity index (χ2v) is 6.32. The molecular formula is C20H21N3O3. The van der Waals surface area contributed by atoms with Crippen LogP contribution in [0.3, 0.4) is 0 Å². The molecule has 6 nitrogen and oxygen atoms in total. The lowest BCUT2D eigenvalue weighted by Gasteiger charge is -2.28. The highest BCUT2D eigenvalue weighted by Gasteiger charge is 2.31. The predicted octanol–water partition coefficient (Wildman–Crippen LogP) is 3.76. The van der Waals surface area contributed by atoms with Gasteiger partial charge in [0.15, 0.2) is 11.5 Å². The minimum atomic E-state index is 0.252. The molecule has 3 heterocycles. The molecule has 1 aliphatic heterocycles. The standard InChI is InChI=1S/C20H21N3O3/c1-12-8-15-14(9-16(24-2)20(26-4)19(15)25-3)18-17(22-11-23(12)18)13-6-5-7-21-10-13/h5-7,9-12H,8H2,1-4H3. The molecule has 2 aromatic heterocycles. The Balaban J connectivity index is 2.03. The molecule has 0 aliphatic carbocycles. The Morgan fingerprint density at radius 3 is 2.58 bits per heavy atom. The van der Waals surface area contributed by atoms with Crippen molar-refractivity contribution >= 4 is 0 Å². The first-order valence-electron chi connectivity index (χ1n) is 8.49. The van der Waals surface area contributed by atoms with E-state index in [1.54, 1.807) is 27.5 Å². The molecule has 0 spiro atoms. The summed E-state index contributed by atoms with van der Waals surface area (Å²) in [6, 6.07) is 6.20. The van der Waals surface area contributed by atoms with Gasteiger partial charge in [-0.2, -0.15) is 0 Å². The van der Waals surface area contributed by atoms with Gasteiger partial charge in [-0.05, 0) is 31.5 Å². The summed E-state index contributed by atoms with van der Waals surface area (Å²) >= 11 is 0. The summed E-state index contributed by atoms with van der Waals surface area (Å²) < 4.78 is 19.0. The maximum absolute atomic E-state index is 5.72. The number of fused-ring (bicyclic) bond motifs is 3. The lowest BCUT2D eigenvalue weighted by atomic mass is 9.90. The molecule has 1 unspecified atom stereocenters. The normalized spacial score (nSPS) is 15.2. The van der Waals surface area contributed by atoms with Gasteiger partial charge in [0.05, 0.1) is 39.0 Å². The number of rotatable bonds is 4. The minimum Gasteiger partial charge on any atom is -0.493 e. The fourth-order valence-electron chi connectivity index (χ4n) is 3.70. The average molecular weight is 351 g/mol. The number of imidazole rings is 1. The van der Waals surface area contributed by atoms with Crippen molar-refractivity contribution in [3.05, 3.63) is 42.5 Å². The van der Waals surface area contributed by atoms with Crippen LogP contribution in [-0.4, -0.2) is 35.9 Å². The third kappa shape index (κ3) is 2.33. The van der Waals surface area contributed by atoms with E-state index in [1.165, 1.54) is 0 Å². The molecule has 0 saturated heterocycles. The number of methoxy groups -OCH3 is 3. The minimum absolute atomic E-state index is 0.252. The first-order chi connectivity index (χ1) is 12.7. The maximum atomic E-state index is 5.72. The quantitative estimate of drug-likeness (QED) is 0.716. The Labute approximate surface area is 152 Å². The van der Waals surface area contributed by atoms with E-state index in [1.807, 2.05) is 30.7 Å². The summed E-state index contributed by atoms with van der Waals surface area (Å²) in [7, 11) is 4.93. The summed E-state index contributed by atoms with van der Waals surface area (Å²) in [5, 5.41) is 0. The SMILES string of the molecule is COc1cc2c(c(OC)c1OC)CC(C)n1cnc(-c3cccnc3)c1-2. The first-order valence-corrected chi connectivity index (χ1v) is 8.49. The van der Waals surface area contributed by atoms with Crippen molar-refractivity contribution in [3.8, 4) is 39.8 Å². The van der Waals surface area contributed by atoms with Crippen LogP contribution in [0.25, 0.3) is 22.5 Å². The molecule has 0 amide bonds. The topological polar surface area (TPSA) is 58.4 Å². The van der Waals surface area contributed by atoms with Crippen LogP contribution in [0.15, 0.2) is 36.9 Å². The molecule has 0 radical (unpaired) electrons. The molecule has 0 saturated carbocycles. The van der Waals surface area contributed by atoms with Crippen molar-refractivity contribution < 1.29 is 14.2 Å². The molecule has 0 fully saturated rings. The van der Waals surface area contributed by atoms with Crippen molar-refractivity contribution in [2.24, 2.45) is 0 Å². The number of ether oxygens (including phenoxy) is 3. The summed E-state index contributed by atoms with van der Waals surface area (Å²) in [4.78, 5) is 8.92. The Morgan fingerprint density at radius 2 is 1.92 bits per heavy atom. The second-order valence-electron chi connectivity index (χ2n) is 6.32. The number of nitrogens with zero attached hydrogens (tertiary/aromatic N) is 3. The zero-order chi connectivity index (χ0) is 18.3. The van der Waals surface area contributed by atoms with Crippen LogP contribution in [0.2, 0.25) is 0 Å². The van der Waals surface area contributed by atoms with Crippen molar-refractivity contribution in [2.75, 3.05) is 21.3 Å². The van der Waals surface area contributed by atoms with Crippen molar-refractivity contribution in [3.63, 3.8) is 0 Å². The largest absolute Gasteiger partial charge is 0.493 e. The highest BCUT2D eigenvalue weighted by molar-refractivity contribution is 5.84. The molecule has 3 aromatic rings. The van der Waals surface area contributed by atoms with Gasteiger partial charge in [-0.3, -0.25) is 4.98 Å². The third-order valence-electron chi connectivity index (χ3n) is 4.89. The van der Waals surface area contributed by atoms with Crippen LogP contribution in [0, 0.1) is 0 Å². The van der Waals surface area contributed by atoms with E-state index in [2.05, 4.69) is 21.5 Å².